The van der Waals surface area contributed by atoms with Crippen LogP contribution in [-0.4, -0.2) is 114 Å². The number of carbonyl (C=O) groups excluding carboxylic acids is 1. The van der Waals surface area contributed by atoms with Crippen LogP contribution in [0.25, 0.3) is 15.6 Å². The van der Waals surface area contributed by atoms with Gasteiger partial charge < -0.3 is 29.2 Å². The molecular weight excluding hydrogens is 600 g/mol. The molecule has 11 heteroatoms. The van der Waals surface area contributed by atoms with E-state index < -0.39 is 0 Å². The summed E-state index contributed by atoms with van der Waals surface area (Å²) < 4.78 is 6.35. The molecule has 0 N–H and O–H groups in total. The molecule has 0 aliphatic carbocycles. The summed E-state index contributed by atoms with van der Waals surface area (Å²) >= 11 is 6.73. The van der Waals surface area contributed by atoms with E-state index in [1.54, 1.807) is 0 Å². The van der Waals surface area contributed by atoms with Crippen molar-refractivity contribution in [1.82, 2.24) is 24.7 Å². The molecule has 7 rings (SSSR count). The quantitative estimate of drug-likeness (QED) is 0.265. The zero-order chi connectivity index (χ0) is 31.9. The number of aromatic nitrogens is 2. The van der Waals surface area contributed by atoms with Gasteiger partial charge in [-0.2, -0.15) is 9.97 Å². The fourth-order valence-corrected chi connectivity index (χ4v) is 7.83. The molecule has 3 saturated heterocycles. The summed E-state index contributed by atoms with van der Waals surface area (Å²) in [7, 11) is 2.15. The zero-order valence-electron chi connectivity index (χ0n) is 27.0. The number of benzene rings is 2. The molecule has 0 saturated carbocycles. The van der Waals surface area contributed by atoms with Crippen molar-refractivity contribution >= 4 is 39.8 Å². The van der Waals surface area contributed by atoms with Crippen molar-refractivity contribution in [2.45, 2.75) is 63.8 Å². The highest BCUT2D eigenvalue weighted by molar-refractivity contribution is 6.36. The number of hydrogen-bond acceptors (Lipinski definition) is 8. The summed E-state index contributed by atoms with van der Waals surface area (Å²) in [5, 5.41) is 2.91. The number of halogens is 1. The number of carbonyl (C=O) groups is 1. The lowest BCUT2D eigenvalue weighted by atomic mass is 10.0. The number of piperazine rings is 1. The van der Waals surface area contributed by atoms with Gasteiger partial charge >= 0.3 is 6.01 Å². The number of fused-ring (bicyclic) bond motifs is 2. The Bertz CT molecular complexity index is 1650. The highest BCUT2D eigenvalue weighted by Crippen LogP contribution is 2.37. The number of anilines is 2. The molecule has 46 heavy (non-hydrogen) atoms. The van der Waals surface area contributed by atoms with Gasteiger partial charge in [0, 0.05) is 61.4 Å². The standard InChI is InChI=1S/C35H43ClN8O2/c1-23(2)44-21-31(44)34(45)43-17-16-42(19-26(43)18-37-3)33-27-13-15-41(30-12-6-9-24-8-5-11-28(36)32(24)30)20-29(27)38-35(39-33)46-22-25-10-7-14-40(25)4/h5-6,8-9,11-12,23,25-26,31H,7,10,13-22H2,1-2,4H3/t25-,26-,31+,44?/m0/s1. The molecule has 10 nitrogen and oxygen atoms in total. The number of ether oxygens (including phenoxy) is 1. The molecule has 1 aromatic heterocycles. The van der Waals surface area contributed by atoms with Gasteiger partial charge in [-0.1, -0.05) is 35.9 Å². The molecule has 4 aliphatic rings. The summed E-state index contributed by atoms with van der Waals surface area (Å²) in [5.74, 6) is 1.04. The molecule has 0 radical (unpaired) electrons. The SMILES string of the molecule is [C-]#[N+]C[C@H]1CN(c2nc(OC[C@@H]3CCCN3C)nc3c2CCN(c2cccc4cccc(Cl)c24)C3)CCN1C(=O)[C@H]1CN1C(C)C. The van der Waals surface area contributed by atoms with E-state index in [1.165, 1.54) is 6.42 Å². The Morgan fingerprint density at radius 1 is 1.07 bits per heavy atom. The molecule has 4 aliphatic heterocycles. The van der Waals surface area contributed by atoms with Gasteiger partial charge in [-0.15, -0.1) is 0 Å². The van der Waals surface area contributed by atoms with Crippen LogP contribution < -0.4 is 14.5 Å². The number of nitrogens with zero attached hydrogens (tertiary/aromatic N) is 8. The number of hydrogen-bond donors (Lipinski definition) is 0. The first kappa shape index (κ1) is 31.0. The van der Waals surface area contributed by atoms with E-state index in [0.29, 0.717) is 50.9 Å². The maximum atomic E-state index is 13.5. The van der Waals surface area contributed by atoms with Crippen LogP contribution >= 0.6 is 11.6 Å². The molecule has 3 aromatic rings. The highest BCUT2D eigenvalue weighted by atomic mass is 35.5. The average molecular weight is 643 g/mol. The van der Waals surface area contributed by atoms with E-state index in [1.807, 2.05) is 17.0 Å². The van der Waals surface area contributed by atoms with Gasteiger partial charge in [0.05, 0.1) is 17.3 Å². The van der Waals surface area contributed by atoms with Crippen LogP contribution in [0, 0.1) is 6.57 Å². The van der Waals surface area contributed by atoms with E-state index in [0.717, 1.165) is 71.0 Å². The Morgan fingerprint density at radius 2 is 1.89 bits per heavy atom. The molecule has 0 spiro atoms. The molecule has 1 unspecified atom stereocenters. The van der Waals surface area contributed by atoms with Gasteiger partial charge in [0.2, 0.25) is 12.5 Å². The minimum absolute atomic E-state index is 0.0612. The summed E-state index contributed by atoms with van der Waals surface area (Å²) in [6.07, 6.45) is 3.05. The third-order valence-electron chi connectivity index (χ3n) is 10.2. The molecular formula is C35H43ClN8O2. The lowest BCUT2D eigenvalue weighted by Crippen LogP contribution is -2.58. The van der Waals surface area contributed by atoms with Gasteiger partial charge in [0.15, 0.2) is 0 Å². The Balaban J connectivity index is 1.18. The van der Waals surface area contributed by atoms with E-state index >= 15 is 0 Å². The van der Waals surface area contributed by atoms with Crippen molar-refractivity contribution in [2.75, 3.05) is 69.3 Å². The smallest absolute Gasteiger partial charge is 0.318 e. The fraction of sp³-hybridized carbons (Fsp3) is 0.543. The van der Waals surface area contributed by atoms with Crippen molar-refractivity contribution in [2.24, 2.45) is 0 Å². The minimum Gasteiger partial charge on any atom is -0.462 e. The Morgan fingerprint density at radius 3 is 2.63 bits per heavy atom. The van der Waals surface area contributed by atoms with E-state index in [9.17, 15) is 4.79 Å². The van der Waals surface area contributed by atoms with Crippen LogP contribution in [0.15, 0.2) is 36.4 Å². The Hall–Kier alpha value is -3.65. The van der Waals surface area contributed by atoms with Gasteiger partial charge in [0.1, 0.15) is 24.5 Å². The number of likely N-dealkylation sites (tertiary alicyclic amines) is 1. The summed E-state index contributed by atoms with van der Waals surface area (Å²) in [6, 6.07) is 13.2. The fourth-order valence-electron chi connectivity index (χ4n) is 7.55. The van der Waals surface area contributed by atoms with Crippen LogP contribution in [0.1, 0.15) is 37.9 Å². The molecule has 1 amide bonds. The summed E-state index contributed by atoms with van der Waals surface area (Å²) in [5.41, 5.74) is 3.19. The number of amides is 1. The maximum absolute atomic E-state index is 13.5. The van der Waals surface area contributed by atoms with Crippen LogP contribution in [-0.2, 0) is 17.8 Å². The van der Waals surface area contributed by atoms with Crippen molar-refractivity contribution in [3.05, 3.63) is 64.1 Å². The second-order valence-electron chi connectivity index (χ2n) is 13.4. The summed E-state index contributed by atoms with van der Waals surface area (Å²) in [6.45, 7) is 17.9. The normalized spacial score (nSPS) is 24.7. The maximum Gasteiger partial charge on any atom is 0.318 e. The van der Waals surface area contributed by atoms with E-state index in [2.05, 4.69) is 69.6 Å². The highest BCUT2D eigenvalue weighted by Gasteiger charge is 2.47. The molecule has 0 bridgehead atoms. The third kappa shape index (κ3) is 5.96. The van der Waals surface area contributed by atoms with Crippen LogP contribution in [0.4, 0.5) is 11.5 Å². The minimum atomic E-state index is -0.187. The lowest BCUT2D eigenvalue weighted by Gasteiger charge is -2.41. The molecule has 2 aromatic carbocycles. The Labute approximate surface area is 276 Å². The van der Waals surface area contributed by atoms with Crippen LogP contribution in [0.5, 0.6) is 6.01 Å². The second kappa shape index (κ2) is 12.9. The first-order valence-corrected chi connectivity index (χ1v) is 17.0. The molecule has 242 valence electrons. The molecule has 5 heterocycles. The van der Waals surface area contributed by atoms with Gasteiger partial charge in [-0.25, -0.2) is 6.57 Å². The van der Waals surface area contributed by atoms with Gasteiger partial charge in [-0.05, 0) is 64.2 Å². The van der Waals surface area contributed by atoms with Crippen molar-refractivity contribution in [1.29, 1.82) is 0 Å². The van der Waals surface area contributed by atoms with E-state index in [4.69, 9.17) is 32.9 Å². The molecule has 4 atom stereocenters. The lowest BCUT2D eigenvalue weighted by molar-refractivity contribution is -0.134. The predicted octanol–water partition coefficient (Wildman–Crippen LogP) is 4.35. The monoisotopic (exact) mass is 642 g/mol. The third-order valence-corrected chi connectivity index (χ3v) is 10.6. The first-order valence-electron chi connectivity index (χ1n) is 16.6. The Kier molecular flexibility index (Phi) is 8.66. The number of likely N-dealkylation sites (N-methyl/N-ethyl adjacent to an activating group) is 1. The first-order chi connectivity index (χ1) is 22.3. The van der Waals surface area contributed by atoms with Gasteiger partial charge in [-0.3, -0.25) is 9.69 Å². The average Bonchev–Trinajstić information content (AvgIpc) is 3.77. The van der Waals surface area contributed by atoms with Crippen molar-refractivity contribution in [3.8, 4) is 6.01 Å². The molecule has 3 fully saturated rings. The summed E-state index contributed by atoms with van der Waals surface area (Å²) in [4.78, 5) is 38.5. The van der Waals surface area contributed by atoms with E-state index in [-0.39, 0.29) is 24.5 Å². The van der Waals surface area contributed by atoms with Crippen molar-refractivity contribution in [3.63, 3.8) is 0 Å². The zero-order valence-corrected chi connectivity index (χ0v) is 27.8. The predicted molar refractivity (Wildman–Crippen MR) is 182 cm³/mol. The largest absolute Gasteiger partial charge is 0.462 e. The van der Waals surface area contributed by atoms with Crippen LogP contribution in [0.3, 0.4) is 0 Å². The van der Waals surface area contributed by atoms with Crippen LogP contribution in [0.2, 0.25) is 5.02 Å². The second-order valence-corrected chi connectivity index (χ2v) is 13.8. The topological polar surface area (TPSA) is 72.4 Å². The van der Waals surface area contributed by atoms with Gasteiger partial charge in [0.25, 0.3) is 0 Å². The van der Waals surface area contributed by atoms with Crippen molar-refractivity contribution < 1.29 is 9.53 Å². The number of rotatable bonds is 8.